The smallest absolute Gasteiger partial charge is 0.401 e. The van der Waals surface area contributed by atoms with Crippen LogP contribution in [0.3, 0.4) is 0 Å². The van der Waals surface area contributed by atoms with Gasteiger partial charge in [-0.25, -0.2) is 0 Å². The van der Waals surface area contributed by atoms with E-state index in [1.54, 1.807) is 0 Å². The molecule has 0 bridgehead atoms. The quantitative estimate of drug-likeness (QED) is 0.235. The van der Waals surface area contributed by atoms with E-state index in [9.17, 15) is 13.2 Å². The summed E-state index contributed by atoms with van der Waals surface area (Å²) in [6.07, 6.45) is -4.68. The summed E-state index contributed by atoms with van der Waals surface area (Å²) in [5.74, 6) is -3.33. The van der Waals surface area contributed by atoms with E-state index in [1.807, 2.05) is 0 Å². The van der Waals surface area contributed by atoms with Crippen molar-refractivity contribution in [3.8, 4) is 0 Å². The summed E-state index contributed by atoms with van der Waals surface area (Å²) in [4.78, 5) is 0. The number of hydrogen-bond donors (Lipinski definition) is 3. The molecule has 1 unspecified atom stereocenters. The number of halogens is 3. The van der Waals surface area contributed by atoms with Crippen LogP contribution in [0, 0.1) is 5.92 Å². The van der Waals surface area contributed by atoms with Gasteiger partial charge in [-0.3, -0.25) is 0 Å². The van der Waals surface area contributed by atoms with Crippen LogP contribution in [0.2, 0.25) is 0 Å². The summed E-state index contributed by atoms with van der Waals surface area (Å²) in [6, 6.07) is 0. The maximum Gasteiger partial charge on any atom is 0.401 e. The molecule has 0 aromatic rings. The fraction of sp³-hybridized carbons (Fsp3) is 0.750. The van der Waals surface area contributed by atoms with Crippen molar-refractivity contribution < 1.29 is 23.5 Å². The lowest BCUT2D eigenvalue weighted by atomic mass is 10.1. The lowest BCUT2D eigenvalue weighted by molar-refractivity contribution is -0.164. The van der Waals surface area contributed by atoms with Crippen LogP contribution in [0.5, 0.6) is 0 Å². The molecule has 0 radical (unpaired) electrons. The Morgan fingerprint density at radius 1 is 1.55 bits per heavy atom. The molecule has 11 heavy (non-hydrogen) atoms. The van der Waals surface area contributed by atoms with Crippen molar-refractivity contribution in [2.75, 3.05) is 6.61 Å². The Kier molecular flexibility index (Phi) is 3.12. The first kappa shape index (κ1) is 10.0. The SMILES string of the molecule is NC(=NO)C(CO)C(F)(F)F. The molecule has 0 saturated heterocycles. The molecule has 0 aliphatic rings. The summed E-state index contributed by atoms with van der Waals surface area (Å²) in [5, 5.41) is 18.2. The molecule has 0 spiro atoms. The fourth-order valence-corrected chi connectivity index (χ4v) is 0.434. The minimum atomic E-state index is -4.68. The highest BCUT2D eigenvalue weighted by Gasteiger charge is 2.42. The second kappa shape index (κ2) is 3.42. The predicted molar refractivity (Wildman–Crippen MR) is 30.0 cm³/mol. The number of nitrogens with zero attached hydrogens (tertiary/aromatic N) is 1. The van der Waals surface area contributed by atoms with Crippen LogP contribution in [0.25, 0.3) is 0 Å². The summed E-state index contributed by atoms with van der Waals surface area (Å²) in [5.41, 5.74) is 4.63. The second-order valence-electron chi connectivity index (χ2n) is 1.80. The zero-order chi connectivity index (χ0) is 9.07. The van der Waals surface area contributed by atoms with E-state index in [0.717, 1.165) is 0 Å². The number of nitrogens with two attached hydrogens (primary N) is 1. The topological polar surface area (TPSA) is 78.8 Å². The van der Waals surface area contributed by atoms with Crippen molar-refractivity contribution in [1.29, 1.82) is 0 Å². The molecule has 0 saturated carbocycles. The van der Waals surface area contributed by atoms with Gasteiger partial charge in [0, 0.05) is 0 Å². The maximum absolute atomic E-state index is 11.7. The van der Waals surface area contributed by atoms with Gasteiger partial charge < -0.3 is 16.0 Å². The number of alkyl halides is 3. The van der Waals surface area contributed by atoms with Crippen molar-refractivity contribution in [2.24, 2.45) is 16.8 Å². The van der Waals surface area contributed by atoms with Crippen molar-refractivity contribution in [2.45, 2.75) is 6.18 Å². The normalized spacial score (nSPS) is 16.5. The largest absolute Gasteiger partial charge is 0.409 e. The van der Waals surface area contributed by atoms with Crippen LogP contribution in [-0.2, 0) is 0 Å². The van der Waals surface area contributed by atoms with Gasteiger partial charge in [0.2, 0.25) is 0 Å². The number of aliphatic hydroxyl groups excluding tert-OH is 1. The van der Waals surface area contributed by atoms with E-state index >= 15 is 0 Å². The molecule has 0 heterocycles. The maximum atomic E-state index is 11.7. The van der Waals surface area contributed by atoms with E-state index in [4.69, 9.17) is 10.3 Å². The molecule has 7 heteroatoms. The van der Waals surface area contributed by atoms with E-state index in [1.165, 1.54) is 0 Å². The zero-order valence-electron chi connectivity index (χ0n) is 5.34. The third-order valence-electron chi connectivity index (χ3n) is 1.05. The third-order valence-corrected chi connectivity index (χ3v) is 1.05. The third kappa shape index (κ3) is 2.62. The molecule has 66 valence electrons. The fourth-order valence-electron chi connectivity index (χ4n) is 0.434. The van der Waals surface area contributed by atoms with Gasteiger partial charge in [0.05, 0.1) is 6.61 Å². The van der Waals surface area contributed by atoms with Gasteiger partial charge in [0.1, 0.15) is 5.92 Å². The lowest BCUT2D eigenvalue weighted by Crippen LogP contribution is -2.38. The van der Waals surface area contributed by atoms with E-state index < -0.39 is 24.5 Å². The standard InChI is InChI=1S/C4H7F3N2O2/c5-4(6,7)2(1-10)3(8)9-11/h2,10-11H,1H2,(H2,8,9). The first-order valence-corrected chi connectivity index (χ1v) is 2.58. The van der Waals surface area contributed by atoms with Gasteiger partial charge in [0.15, 0.2) is 5.84 Å². The van der Waals surface area contributed by atoms with Gasteiger partial charge in [-0.05, 0) is 0 Å². The molecule has 0 aromatic heterocycles. The van der Waals surface area contributed by atoms with Crippen LogP contribution in [-0.4, -0.2) is 28.9 Å². The molecular weight excluding hydrogens is 165 g/mol. The highest BCUT2D eigenvalue weighted by molar-refractivity contribution is 5.83. The average Bonchev–Trinajstić information content (AvgIpc) is 1.86. The Balaban J connectivity index is 4.42. The van der Waals surface area contributed by atoms with Gasteiger partial charge >= 0.3 is 6.18 Å². The molecule has 0 aliphatic heterocycles. The van der Waals surface area contributed by atoms with Crippen LogP contribution < -0.4 is 5.73 Å². The Bertz CT molecular complexity index is 156. The van der Waals surface area contributed by atoms with Crippen molar-refractivity contribution in [3.05, 3.63) is 0 Å². The zero-order valence-corrected chi connectivity index (χ0v) is 5.34. The minimum absolute atomic E-state index is 1.04. The lowest BCUT2D eigenvalue weighted by Gasteiger charge is -2.15. The molecule has 0 amide bonds. The van der Waals surface area contributed by atoms with Crippen molar-refractivity contribution >= 4 is 5.84 Å². The van der Waals surface area contributed by atoms with Gasteiger partial charge in [-0.2, -0.15) is 13.2 Å². The Hall–Kier alpha value is -0.980. The van der Waals surface area contributed by atoms with Crippen LogP contribution >= 0.6 is 0 Å². The predicted octanol–water partition coefficient (Wildman–Crippen LogP) is -0.0964. The molecule has 4 N–H and O–H groups in total. The van der Waals surface area contributed by atoms with Crippen LogP contribution in [0.15, 0.2) is 5.16 Å². The monoisotopic (exact) mass is 172 g/mol. The molecule has 0 aromatic carbocycles. The number of hydrogen-bond acceptors (Lipinski definition) is 3. The molecule has 0 rings (SSSR count). The Morgan fingerprint density at radius 2 is 2.00 bits per heavy atom. The van der Waals surface area contributed by atoms with Crippen LogP contribution in [0.4, 0.5) is 13.2 Å². The summed E-state index contributed by atoms with van der Waals surface area (Å²) in [6.45, 7) is -1.22. The second-order valence-corrected chi connectivity index (χ2v) is 1.80. The van der Waals surface area contributed by atoms with Gasteiger partial charge in [-0.15, -0.1) is 0 Å². The van der Waals surface area contributed by atoms with Gasteiger partial charge in [0.25, 0.3) is 0 Å². The number of rotatable bonds is 2. The highest BCUT2D eigenvalue weighted by atomic mass is 19.4. The summed E-state index contributed by atoms with van der Waals surface area (Å²) >= 11 is 0. The minimum Gasteiger partial charge on any atom is -0.409 e. The number of aliphatic hydroxyl groups is 1. The Morgan fingerprint density at radius 3 is 2.09 bits per heavy atom. The van der Waals surface area contributed by atoms with Crippen molar-refractivity contribution in [3.63, 3.8) is 0 Å². The van der Waals surface area contributed by atoms with E-state index in [-0.39, 0.29) is 0 Å². The first-order valence-electron chi connectivity index (χ1n) is 2.58. The Labute approximate surface area is 60.1 Å². The number of oxime groups is 1. The molecule has 4 nitrogen and oxygen atoms in total. The molecule has 0 fully saturated rings. The molecule has 1 atom stereocenters. The summed E-state index contributed by atoms with van der Waals surface area (Å²) < 4.78 is 35.2. The van der Waals surface area contributed by atoms with Crippen LogP contribution in [0.1, 0.15) is 0 Å². The average molecular weight is 172 g/mol. The first-order chi connectivity index (χ1) is 4.93. The van der Waals surface area contributed by atoms with E-state index in [0.29, 0.717) is 0 Å². The molecular formula is C4H7F3N2O2. The number of amidine groups is 1. The summed E-state index contributed by atoms with van der Waals surface area (Å²) in [7, 11) is 0. The highest BCUT2D eigenvalue weighted by Crippen LogP contribution is 2.25. The molecule has 0 aliphatic carbocycles. The van der Waals surface area contributed by atoms with Gasteiger partial charge in [-0.1, -0.05) is 5.16 Å². The van der Waals surface area contributed by atoms with E-state index in [2.05, 4.69) is 10.9 Å². The van der Waals surface area contributed by atoms with Crippen molar-refractivity contribution in [1.82, 2.24) is 0 Å².